The molecule has 2 N–H and O–H groups in total. The number of sulfonamides is 1. The van der Waals surface area contributed by atoms with E-state index in [-0.39, 0.29) is 4.90 Å². The van der Waals surface area contributed by atoms with Gasteiger partial charge in [0.1, 0.15) is 4.90 Å². The molecule has 0 bridgehead atoms. The highest BCUT2D eigenvalue weighted by molar-refractivity contribution is 7.89. The van der Waals surface area contributed by atoms with Crippen LogP contribution in [0.5, 0.6) is 0 Å². The molecule has 0 saturated heterocycles. The van der Waals surface area contributed by atoms with Crippen LogP contribution in [0.3, 0.4) is 0 Å². The fourth-order valence-electron chi connectivity index (χ4n) is 1.27. The van der Waals surface area contributed by atoms with Crippen LogP contribution < -0.4 is 5.14 Å². The zero-order valence-electron chi connectivity index (χ0n) is 8.24. The lowest BCUT2D eigenvalue weighted by Crippen LogP contribution is -2.12. The lowest BCUT2D eigenvalue weighted by molar-refractivity contribution is 0.597. The van der Waals surface area contributed by atoms with E-state index in [1.54, 1.807) is 24.7 Å². The van der Waals surface area contributed by atoms with Crippen molar-refractivity contribution in [2.75, 3.05) is 0 Å². The van der Waals surface area contributed by atoms with E-state index in [4.69, 9.17) is 5.14 Å². The van der Waals surface area contributed by atoms with Gasteiger partial charge in [0.2, 0.25) is 10.0 Å². The molecule has 5 nitrogen and oxygen atoms in total. The molecular weight excluding hydrogens is 226 g/mol. The Kier molecular flexibility index (Phi) is 2.67. The van der Waals surface area contributed by atoms with Crippen LogP contribution in [0.1, 0.15) is 0 Å². The number of nitrogens with two attached hydrogens (primary N) is 1. The van der Waals surface area contributed by atoms with Crippen molar-refractivity contribution in [2.45, 2.75) is 4.90 Å². The number of rotatable bonds is 2. The Bertz CT molecular complexity index is 596. The van der Waals surface area contributed by atoms with Gasteiger partial charge in [-0.1, -0.05) is 6.07 Å². The molecule has 0 aliphatic heterocycles. The van der Waals surface area contributed by atoms with Crippen LogP contribution in [0.25, 0.3) is 11.1 Å². The fraction of sp³-hybridized carbons (Fsp3) is 0. The van der Waals surface area contributed by atoms with Crippen LogP contribution in [-0.4, -0.2) is 18.4 Å². The first-order chi connectivity index (χ1) is 7.57. The van der Waals surface area contributed by atoms with Crippen molar-refractivity contribution >= 4 is 10.0 Å². The lowest BCUT2D eigenvalue weighted by atomic mass is 10.1. The number of aromatic nitrogens is 2. The minimum Gasteiger partial charge on any atom is -0.264 e. The molecule has 0 fully saturated rings. The van der Waals surface area contributed by atoms with Gasteiger partial charge in [-0.25, -0.2) is 13.6 Å². The maximum Gasteiger partial charge on any atom is 0.239 e. The van der Waals surface area contributed by atoms with Crippen molar-refractivity contribution in [2.24, 2.45) is 5.14 Å². The SMILES string of the molecule is NS(=O)(=O)c1cncc(-c2cccnc2)c1. The molecule has 0 radical (unpaired) electrons. The van der Waals surface area contributed by atoms with Gasteiger partial charge in [-0.05, 0) is 12.1 Å². The monoisotopic (exact) mass is 235 g/mol. The van der Waals surface area contributed by atoms with Crippen LogP contribution in [0.4, 0.5) is 0 Å². The van der Waals surface area contributed by atoms with Crippen LogP contribution in [0, 0.1) is 0 Å². The number of nitrogens with zero attached hydrogens (tertiary/aromatic N) is 2. The van der Waals surface area contributed by atoms with E-state index in [1.807, 2.05) is 6.07 Å². The van der Waals surface area contributed by atoms with Crippen LogP contribution >= 0.6 is 0 Å². The van der Waals surface area contributed by atoms with E-state index in [0.717, 1.165) is 5.56 Å². The average molecular weight is 235 g/mol. The zero-order valence-corrected chi connectivity index (χ0v) is 9.05. The minimum atomic E-state index is -3.72. The molecule has 16 heavy (non-hydrogen) atoms. The summed E-state index contributed by atoms with van der Waals surface area (Å²) in [4.78, 5) is 7.78. The smallest absolute Gasteiger partial charge is 0.239 e. The summed E-state index contributed by atoms with van der Waals surface area (Å²) in [6.45, 7) is 0. The van der Waals surface area contributed by atoms with Crippen molar-refractivity contribution in [1.82, 2.24) is 9.97 Å². The maximum absolute atomic E-state index is 11.1. The summed E-state index contributed by atoms with van der Waals surface area (Å²) < 4.78 is 22.3. The van der Waals surface area contributed by atoms with Gasteiger partial charge < -0.3 is 0 Å². The molecule has 0 spiro atoms. The summed E-state index contributed by atoms with van der Waals surface area (Å²) in [6, 6.07) is 5.05. The van der Waals surface area contributed by atoms with Gasteiger partial charge in [-0.15, -0.1) is 0 Å². The Balaban J connectivity index is 2.53. The summed E-state index contributed by atoms with van der Waals surface area (Å²) >= 11 is 0. The van der Waals surface area contributed by atoms with Crippen molar-refractivity contribution in [3.8, 4) is 11.1 Å². The Morgan fingerprint density at radius 1 is 1.06 bits per heavy atom. The summed E-state index contributed by atoms with van der Waals surface area (Å²) in [5, 5.41) is 5.02. The molecule has 0 aromatic carbocycles. The molecule has 0 aliphatic carbocycles. The number of hydrogen-bond acceptors (Lipinski definition) is 4. The fourth-order valence-corrected chi connectivity index (χ4v) is 1.76. The van der Waals surface area contributed by atoms with Crippen LogP contribution in [0.15, 0.2) is 47.9 Å². The summed E-state index contributed by atoms with van der Waals surface area (Å²) in [7, 11) is -3.72. The Hall–Kier alpha value is -1.79. The second-order valence-electron chi connectivity index (χ2n) is 3.20. The molecule has 0 amide bonds. The van der Waals surface area contributed by atoms with Gasteiger partial charge >= 0.3 is 0 Å². The standard InChI is InChI=1S/C10H9N3O2S/c11-16(14,15)10-4-9(6-13-7-10)8-2-1-3-12-5-8/h1-7H,(H2,11,14,15). The quantitative estimate of drug-likeness (QED) is 0.833. The van der Waals surface area contributed by atoms with Crippen LogP contribution in [0.2, 0.25) is 0 Å². The molecular formula is C10H9N3O2S. The molecule has 0 saturated carbocycles. The average Bonchev–Trinajstić information content (AvgIpc) is 2.29. The third kappa shape index (κ3) is 2.23. The topological polar surface area (TPSA) is 85.9 Å². The highest BCUT2D eigenvalue weighted by Gasteiger charge is 2.09. The van der Waals surface area contributed by atoms with Gasteiger partial charge in [-0.3, -0.25) is 9.97 Å². The molecule has 0 atom stereocenters. The van der Waals surface area contributed by atoms with E-state index in [0.29, 0.717) is 5.56 Å². The summed E-state index contributed by atoms with van der Waals surface area (Å²) in [6.07, 6.45) is 6.05. The first-order valence-corrected chi connectivity index (χ1v) is 6.00. The van der Waals surface area contributed by atoms with Crippen molar-refractivity contribution in [3.63, 3.8) is 0 Å². The van der Waals surface area contributed by atoms with Crippen LogP contribution in [-0.2, 0) is 10.0 Å². The molecule has 2 heterocycles. The molecule has 2 rings (SSSR count). The molecule has 82 valence electrons. The second kappa shape index (κ2) is 3.99. The molecule has 0 unspecified atom stereocenters. The molecule has 2 aromatic rings. The summed E-state index contributed by atoms with van der Waals surface area (Å²) in [5.74, 6) is 0. The predicted octanol–water partition coefficient (Wildman–Crippen LogP) is 0.791. The van der Waals surface area contributed by atoms with Crippen molar-refractivity contribution in [1.29, 1.82) is 0 Å². The van der Waals surface area contributed by atoms with E-state index in [9.17, 15) is 8.42 Å². The highest BCUT2D eigenvalue weighted by atomic mass is 32.2. The largest absolute Gasteiger partial charge is 0.264 e. The maximum atomic E-state index is 11.1. The zero-order chi connectivity index (χ0) is 11.6. The van der Waals surface area contributed by atoms with Gasteiger partial charge in [0.15, 0.2) is 0 Å². The van der Waals surface area contributed by atoms with Gasteiger partial charge in [0.25, 0.3) is 0 Å². The van der Waals surface area contributed by atoms with E-state index in [2.05, 4.69) is 9.97 Å². The number of hydrogen-bond donors (Lipinski definition) is 1. The first-order valence-electron chi connectivity index (χ1n) is 4.45. The van der Waals surface area contributed by atoms with E-state index in [1.165, 1.54) is 12.3 Å². The lowest BCUT2D eigenvalue weighted by Gasteiger charge is -2.02. The normalized spacial score (nSPS) is 11.3. The number of primary sulfonamides is 1. The molecule has 2 aromatic heterocycles. The molecule has 6 heteroatoms. The Labute approximate surface area is 93.0 Å². The Morgan fingerprint density at radius 3 is 2.44 bits per heavy atom. The predicted molar refractivity (Wildman–Crippen MR) is 58.8 cm³/mol. The van der Waals surface area contributed by atoms with Gasteiger partial charge in [-0.2, -0.15) is 0 Å². The van der Waals surface area contributed by atoms with Crippen molar-refractivity contribution < 1.29 is 8.42 Å². The highest BCUT2D eigenvalue weighted by Crippen LogP contribution is 2.19. The third-order valence-electron chi connectivity index (χ3n) is 2.04. The number of pyridine rings is 2. The minimum absolute atomic E-state index is 0.00569. The second-order valence-corrected chi connectivity index (χ2v) is 4.76. The first kappa shape index (κ1) is 10.7. The Morgan fingerprint density at radius 2 is 1.81 bits per heavy atom. The van der Waals surface area contributed by atoms with E-state index >= 15 is 0 Å². The van der Waals surface area contributed by atoms with Crippen molar-refractivity contribution in [3.05, 3.63) is 43.0 Å². The van der Waals surface area contributed by atoms with Gasteiger partial charge in [0, 0.05) is 35.9 Å². The summed E-state index contributed by atoms with van der Waals surface area (Å²) in [5.41, 5.74) is 1.46. The van der Waals surface area contributed by atoms with Gasteiger partial charge in [0.05, 0.1) is 0 Å². The van der Waals surface area contributed by atoms with E-state index < -0.39 is 10.0 Å². The third-order valence-corrected chi connectivity index (χ3v) is 2.92. The molecule has 0 aliphatic rings.